The Hall–Kier alpha value is -3.01. The number of nitrogens with zero attached hydrogens (tertiary/aromatic N) is 2. The first-order valence-electron chi connectivity index (χ1n) is 6.86. The predicted octanol–water partition coefficient (Wildman–Crippen LogP) is 3.60. The second kappa shape index (κ2) is 6.18. The minimum Gasteiger partial charge on any atom is -0.463 e. The molecule has 3 aromatic rings. The monoisotopic (exact) mass is 290 g/mol. The number of rotatable bonds is 3. The molecule has 0 saturated carbocycles. The van der Waals surface area contributed by atoms with Crippen LogP contribution in [-0.2, 0) is 4.74 Å². The van der Waals surface area contributed by atoms with Gasteiger partial charge in [-0.3, -0.25) is 0 Å². The van der Waals surface area contributed by atoms with Gasteiger partial charge < -0.3 is 4.74 Å². The number of carbonyl (C=O) groups excluding carboxylic acids is 1. The van der Waals surface area contributed by atoms with Crippen molar-refractivity contribution < 1.29 is 9.53 Å². The molecule has 0 saturated heterocycles. The number of aromatic nitrogens is 2. The molecule has 0 spiro atoms. The fourth-order valence-electron chi connectivity index (χ4n) is 2.14. The third-order valence-corrected chi connectivity index (χ3v) is 3.23. The average molecular weight is 290 g/mol. The summed E-state index contributed by atoms with van der Waals surface area (Å²) < 4.78 is 4.75. The maximum Gasteiger partial charge on any atom is 0.376 e. The summed E-state index contributed by atoms with van der Waals surface area (Å²) >= 11 is 0. The second-order valence-electron chi connectivity index (χ2n) is 4.69. The molecule has 0 amide bonds. The van der Waals surface area contributed by atoms with Gasteiger partial charge in [0.1, 0.15) is 0 Å². The van der Waals surface area contributed by atoms with Gasteiger partial charge in [0.05, 0.1) is 18.5 Å². The number of esters is 1. The van der Waals surface area contributed by atoms with Gasteiger partial charge in [0.25, 0.3) is 0 Å². The third kappa shape index (κ3) is 2.86. The van der Waals surface area contributed by atoms with Crippen molar-refractivity contribution in [2.24, 2.45) is 0 Å². The molecule has 0 aliphatic heterocycles. The zero-order valence-electron chi connectivity index (χ0n) is 12.1. The summed E-state index contributed by atoms with van der Waals surface area (Å²) in [6.45, 7) is 0. The zero-order chi connectivity index (χ0) is 15.4. The lowest BCUT2D eigenvalue weighted by Crippen LogP contribution is -2.09. The van der Waals surface area contributed by atoms with Crippen LogP contribution in [0.2, 0.25) is 0 Å². The number of ether oxygens (including phenoxy) is 1. The zero-order valence-corrected chi connectivity index (χ0v) is 12.1. The van der Waals surface area contributed by atoms with Crippen LogP contribution in [0.15, 0.2) is 66.7 Å². The van der Waals surface area contributed by atoms with E-state index in [4.69, 9.17) is 4.74 Å². The predicted molar refractivity (Wildman–Crippen MR) is 84.2 cm³/mol. The Morgan fingerprint density at radius 1 is 0.818 bits per heavy atom. The standard InChI is InChI=1S/C18H14N2O2/c1-22-18(21)17-19-15(13-8-4-2-5-9-13)12-16(20-17)14-10-6-3-7-11-14/h2-12H,1H3. The lowest BCUT2D eigenvalue weighted by Gasteiger charge is -2.07. The van der Waals surface area contributed by atoms with Gasteiger partial charge in [-0.15, -0.1) is 0 Å². The molecular weight excluding hydrogens is 276 g/mol. The minimum absolute atomic E-state index is 0.0581. The molecule has 108 valence electrons. The van der Waals surface area contributed by atoms with E-state index in [1.165, 1.54) is 7.11 Å². The number of hydrogen-bond donors (Lipinski definition) is 0. The number of hydrogen-bond acceptors (Lipinski definition) is 4. The Balaban J connectivity index is 2.17. The van der Waals surface area contributed by atoms with Crippen molar-refractivity contribution in [3.05, 3.63) is 72.6 Å². The van der Waals surface area contributed by atoms with Crippen molar-refractivity contribution in [2.45, 2.75) is 0 Å². The van der Waals surface area contributed by atoms with Gasteiger partial charge in [-0.25, -0.2) is 14.8 Å². The second-order valence-corrected chi connectivity index (χ2v) is 4.69. The van der Waals surface area contributed by atoms with Gasteiger partial charge in [-0.1, -0.05) is 60.7 Å². The van der Waals surface area contributed by atoms with Gasteiger partial charge in [0, 0.05) is 11.1 Å². The Kier molecular flexibility index (Phi) is 3.92. The summed E-state index contributed by atoms with van der Waals surface area (Å²) in [7, 11) is 1.32. The van der Waals surface area contributed by atoms with E-state index in [0.717, 1.165) is 11.1 Å². The van der Waals surface area contributed by atoms with Crippen molar-refractivity contribution >= 4 is 5.97 Å². The van der Waals surface area contributed by atoms with Crippen molar-refractivity contribution in [2.75, 3.05) is 7.11 Å². The fourth-order valence-corrected chi connectivity index (χ4v) is 2.14. The molecule has 4 heteroatoms. The van der Waals surface area contributed by atoms with E-state index in [-0.39, 0.29) is 5.82 Å². The molecule has 0 N–H and O–H groups in total. The van der Waals surface area contributed by atoms with Crippen LogP contribution in [0.1, 0.15) is 10.6 Å². The SMILES string of the molecule is COC(=O)c1nc(-c2ccccc2)cc(-c2ccccc2)n1. The molecule has 2 aromatic carbocycles. The van der Waals surface area contributed by atoms with E-state index in [1.54, 1.807) is 0 Å². The summed E-state index contributed by atoms with van der Waals surface area (Å²) in [6.07, 6.45) is 0. The molecule has 0 bridgehead atoms. The van der Waals surface area contributed by atoms with Crippen molar-refractivity contribution in [1.29, 1.82) is 0 Å². The van der Waals surface area contributed by atoms with E-state index >= 15 is 0 Å². The Morgan fingerprint density at radius 2 is 1.27 bits per heavy atom. The highest BCUT2D eigenvalue weighted by Crippen LogP contribution is 2.23. The average Bonchev–Trinajstić information content (AvgIpc) is 2.62. The van der Waals surface area contributed by atoms with Crippen LogP contribution in [0.4, 0.5) is 0 Å². The van der Waals surface area contributed by atoms with Crippen LogP contribution in [0.5, 0.6) is 0 Å². The van der Waals surface area contributed by atoms with Gasteiger partial charge in [-0.2, -0.15) is 0 Å². The molecule has 1 aromatic heterocycles. The van der Waals surface area contributed by atoms with Crippen molar-refractivity contribution in [3.8, 4) is 22.5 Å². The van der Waals surface area contributed by atoms with Gasteiger partial charge in [-0.05, 0) is 6.07 Å². The van der Waals surface area contributed by atoms with E-state index in [9.17, 15) is 4.79 Å². The first kappa shape index (κ1) is 13.9. The largest absolute Gasteiger partial charge is 0.463 e. The topological polar surface area (TPSA) is 52.1 Å². The summed E-state index contributed by atoms with van der Waals surface area (Å²) in [5.41, 5.74) is 3.23. The van der Waals surface area contributed by atoms with Crippen molar-refractivity contribution in [3.63, 3.8) is 0 Å². The van der Waals surface area contributed by atoms with Crippen LogP contribution in [0.3, 0.4) is 0 Å². The molecule has 0 atom stereocenters. The lowest BCUT2D eigenvalue weighted by atomic mass is 10.1. The molecule has 4 nitrogen and oxygen atoms in total. The molecule has 0 aliphatic carbocycles. The first-order chi connectivity index (χ1) is 10.8. The van der Waals surface area contributed by atoms with Gasteiger partial charge in [0.2, 0.25) is 5.82 Å². The summed E-state index contributed by atoms with van der Waals surface area (Å²) in [5.74, 6) is -0.488. The highest BCUT2D eigenvalue weighted by molar-refractivity contribution is 5.87. The minimum atomic E-state index is -0.546. The van der Waals surface area contributed by atoms with Crippen LogP contribution in [0, 0.1) is 0 Å². The lowest BCUT2D eigenvalue weighted by molar-refractivity contribution is 0.0587. The van der Waals surface area contributed by atoms with Crippen LogP contribution in [0.25, 0.3) is 22.5 Å². The molecule has 22 heavy (non-hydrogen) atoms. The summed E-state index contributed by atoms with van der Waals surface area (Å²) in [6, 6.07) is 21.2. The highest BCUT2D eigenvalue weighted by Gasteiger charge is 2.14. The highest BCUT2D eigenvalue weighted by atomic mass is 16.5. The first-order valence-corrected chi connectivity index (χ1v) is 6.86. The fraction of sp³-hybridized carbons (Fsp3) is 0.0556. The van der Waals surface area contributed by atoms with Crippen LogP contribution < -0.4 is 0 Å². The molecule has 0 fully saturated rings. The summed E-state index contributed by atoms with van der Waals surface area (Å²) in [4.78, 5) is 20.5. The number of methoxy groups -OCH3 is 1. The molecular formula is C18H14N2O2. The normalized spacial score (nSPS) is 10.2. The van der Waals surface area contributed by atoms with Gasteiger partial charge in [0.15, 0.2) is 0 Å². The van der Waals surface area contributed by atoms with E-state index in [1.807, 2.05) is 66.7 Å². The number of benzene rings is 2. The summed E-state index contributed by atoms with van der Waals surface area (Å²) in [5, 5.41) is 0. The smallest absolute Gasteiger partial charge is 0.376 e. The van der Waals surface area contributed by atoms with Crippen LogP contribution >= 0.6 is 0 Å². The van der Waals surface area contributed by atoms with Crippen LogP contribution in [-0.4, -0.2) is 23.0 Å². The third-order valence-electron chi connectivity index (χ3n) is 3.23. The molecule has 1 heterocycles. The Labute approximate surface area is 128 Å². The molecule has 0 radical (unpaired) electrons. The Bertz CT molecular complexity index is 729. The quantitative estimate of drug-likeness (QED) is 0.692. The van der Waals surface area contributed by atoms with E-state index in [0.29, 0.717) is 11.4 Å². The van der Waals surface area contributed by atoms with Crippen molar-refractivity contribution in [1.82, 2.24) is 9.97 Å². The van der Waals surface area contributed by atoms with Gasteiger partial charge >= 0.3 is 5.97 Å². The molecule has 0 aliphatic rings. The molecule has 3 rings (SSSR count). The Morgan fingerprint density at radius 3 is 1.68 bits per heavy atom. The maximum absolute atomic E-state index is 11.8. The maximum atomic E-state index is 11.8. The molecule has 0 unspecified atom stereocenters. The van der Waals surface area contributed by atoms with E-state index in [2.05, 4.69) is 9.97 Å². The number of carbonyl (C=O) groups is 1. The van der Waals surface area contributed by atoms with E-state index < -0.39 is 5.97 Å².